The van der Waals surface area contributed by atoms with Crippen molar-refractivity contribution in [3.8, 4) is 11.5 Å². The fourth-order valence-electron chi connectivity index (χ4n) is 2.03. The van der Waals surface area contributed by atoms with Gasteiger partial charge in [0.1, 0.15) is 6.61 Å². The maximum absolute atomic E-state index is 11.9. The first-order valence-electron chi connectivity index (χ1n) is 7.05. The van der Waals surface area contributed by atoms with Gasteiger partial charge in [-0.2, -0.15) is 0 Å². The van der Waals surface area contributed by atoms with Crippen LogP contribution in [-0.2, 0) is 16.1 Å². The molecule has 4 nitrogen and oxygen atoms in total. The maximum atomic E-state index is 11.9. The van der Waals surface area contributed by atoms with Crippen LogP contribution in [0.3, 0.4) is 0 Å². The molecule has 0 bridgehead atoms. The van der Waals surface area contributed by atoms with Crippen molar-refractivity contribution < 1.29 is 19.0 Å². The number of ether oxygens (including phenoxy) is 3. The Labute approximate surface area is 150 Å². The summed E-state index contributed by atoms with van der Waals surface area (Å²) in [6.45, 7) is 0.106. The second-order valence-corrected chi connectivity index (χ2v) is 5.59. The van der Waals surface area contributed by atoms with Gasteiger partial charge in [-0.3, -0.25) is 0 Å². The highest BCUT2D eigenvalue weighted by molar-refractivity contribution is 6.42. The Morgan fingerprint density at radius 1 is 1.08 bits per heavy atom. The highest BCUT2D eigenvalue weighted by Crippen LogP contribution is 2.31. The van der Waals surface area contributed by atoms with E-state index in [1.807, 2.05) is 12.1 Å². The van der Waals surface area contributed by atoms with Crippen molar-refractivity contribution in [2.24, 2.45) is 0 Å². The van der Waals surface area contributed by atoms with Gasteiger partial charge in [-0.1, -0.05) is 41.4 Å². The number of methoxy groups -OCH3 is 2. The van der Waals surface area contributed by atoms with Gasteiger partial charge in [-0.25, -0.2) is 4.79 Å². The standard InChI is InChI=1S/C18H16Cl2O4/c1-22-16-5-3-4-13(18(16)23-2)7-9-17(21)24-11-12-6-8-14(19)15(20)10-12/h3-10H,11H2,1-2H3/b9-7+. The highest BCUT2D eigenvalue weighted by atomic mass is 35.5. The number of rotatable bonds is 6. The van der Waals surface area contributed by atoms with E-state index in [4.69, 9.17) is 37.4 Å². The quantitative estimate of drug-likeness (QED) is 0.545. The van der Waals surface area contributed by atoms with Gasteiger partial charge >= 0.3 is 5.97 Å². The summed E-state index contributed by atoms with van der Waals surface area (Å²) in [7, 11) is 3.09. The summed E-state index contributed by atoms with van der Waals surface area (Å²) >= 11 is 11.8. The zero-order chi connectivity index (χ0) is 17.5. The van der Waals surface area contributed by atoms with Gasteiger partial charge in [0, 0.05) is 11.6 Å². The number of carbonyl (C=O) groups is 1. The molecule has 0 aliphatic rings. The van der Waals surface area contributed by atoms with Gasteiger partial charge in [0.25, 0.3) is 0 Å². The molecule has 0 fully saturated rings. The predicted molar refractivity (Wildman–Crippen MR) is 94.8 cm³/mol. The number of esters is 1. The van der Waals surface area contributed by atoms with Crippen LogP contribution in [0.25, 0.3) is 6.08 Å². The van der Waals surface area contributed by atoms with Gasteiger partial charge < -0.3 is 14.2 Å². The Hall–Kier alpha value is -2.17. The van der Waals surface area contributed by atoms with Crippen LogP contribution in [0.1, 0.15) is 11.1 Å². The number of hydrogen-bond donors (Lipinski definition) is 0. The predicted octanol–water partition coefficient (Wildman–Crippen LogP) is 4.77. The minimum atomic E-state index is -0.481. The molecule has 6 heteroatoms. The average molecular weight is 367 g/mol. The van der Waals surface area contributed by atoms with E-state index >= 15 is 0 Å². The highest BCUT2D eigenvalue weighted by Gasteiger charge is 2.08. The molecule has 126 valence electrons. The lowest BCUT2D eigenvalue weighted by molar-refractivity contribution is -0.138. The minimum absolute atomic E-state index is 0.106. The Morgan fingerprint density at radius 3 is 2.54 bits per heavy atom. The minimum Gasteiger partial charge on any atom is -0.493 e. The van der Waals surface area contributed by atoms with Crippen molar-refractivity contribution in [1.29, 1.82) is 0 Å². The smallest absolute Gasteiger partial charge is 0.331 e. The summed E-state index contributed by atoms with van der Waals surface area (Å²) in [5.74, 6) is 0.656. The monoisotopic (exact) mass is 366 g/mol. The summed E-state index contributed by atoms with van der Waals surface area (Å²) < 4.78 is 15.7. The van der Waals surface area contributed by atoms with Crippen molar-refractivity contribution in [3.63, 3.8) is 0 Å². The van der Waals surface area contributed by atoms with Crippen LogP contribution in [0.4, 0.5) is 0 Å². The van der Waals surface area contributed by atoms with Crippen LogP contribution in [0.5, 0.6) is 11.5 Å². The number of carbonyl (C=O) groups excluding carboxylic acids is 1. The van der Waals surface area contributed by atoms with E-state index in [9.17, 15) is 4.79 Å². The largest absolute Gasteiger partial charge is 0.493 e. The third-order valence-corrected chi connectivity index (χ3v) is 3.94. The van der Waals surface area contributed by atoms with Gasteiger partial charge in [0.2, 0.25) is 0 Å². The van der Waals surface area contributed by atoms with E-state index in [-0.39, 0.29) is 6.61 Å². The molecule has 0 radical (unpaired) electrons. The van der Waals surface area contributed by atoms with Crippen LogP contribution in [0.2, 0.25) is 10.0 Å². The van der Waals surface area contributed by atoms with Crippen LogP contribution in [0, 0.1) is 0 Å². The lowest BCUT2D eigenvalue weighted by Gasteiger charge is -2.09. The molecule has 0 unspecified atom stereocenters. The number of benzene rings is 2. The van der Waals surface area contributed by atoms with Gasteiger partial charge in [-0.05, 0) is 29.8 Å². The summed E-state index contributed by atoms with van der Waals surface area (Å²) in [4.78, 5) is 11.9. The number of para-hydroxylation sites is 1. The molecule has 0 saturated carbocycles. The van der Waals surface area contributed by atoms with Crippen LogP contribution >= 0.6 is 23.2 Å². The van der Waals surface area contributed by atoms with Crippen molar-refractivity contribution in [3.05, 3.63) is 63.6 Å². The molecule has 0 amide bonds. The second-order valence-electron chi connectivity index (χ2n) is 4.77. The molecule has 2 rings (SSSR count). The van der Waals surface area contributed by atoms with Crippen molar-refractivity contribution >= 4 is 35.2 Å². The molecule has 0 aliphatic carbocycles. The molecule has 0 aliphatic heterocycles. The molecular formula is C18H16Cl2O4. The molecule has 24 heavy (non-hydrogen) atoms. The molecular weight excluding hydrogens is 351 g/mol. The first kappa shape index (κ1) is 18.2. The van der Waals surface area contributed by atoms with E-state index in [0.717, 1.165) is 5.56 Å². The Kier molecular flexibility index (Phi) is 6.53. The normalized spacial score (nSPS) is 10.7. The van der Waals surface area contributed by atoms with E-state index in [1.165, 1.54) is 13.2 Å². The summed E-state index contributed by atoms with van der Waals surface area (Å²) in [6, 6.07) is 10.5. The van der Waals surface area contributed by atoms with Gasteiger partial charge in [0.15, 0.2) is 11.5 Å². The SMILES string of the molecule is COc1cccc(/C=C/C(=O)OCc2ccc(Cl)c(Cl)c2)c1OC. The maximum Gasteiger partial charge on any atom is 0.331 e. The third-order valence-electron chi connectivity index (χ3n) is 3.20. The van der Waals surface area contributed by atoms with E-state index in [1.54, 1.807) is 37.5 Å². The molecule has 0 spiro atoms. The molecule has 2 aromatic rings. The van der Waals surface area contributed by atoms with Crippen LogP contribution in [-0.4, -0.2) is 20.2 Å². The summed E-state index contributed by atoms with van der Waals surface area (Å²) in [5.41, 5.74) is 1.47. The summed E-state index contributed by atoms with van der Waals surface area (Å²) in [5, 5.41) is 0.874. The first-order valence-corrected chi connectivity index (χ1v) is 7.80. The van der Waals surface area contributed by atoms with Gasteiger partial charge in [-0.15, -0.1) is 0 Å². The van der Waals surface area contributed by atoms with E-state index < -0.39 is 5.97 Å². The van der Waals surface area contributed by atoms with Crippen molar-refractivity contribution in [1.82, 2.24) is 0 Å². The Morgan fingerprint density at radius 2 is 1.88 bits per heavy atom. The molecule has 0 aromatic heterocycles. The van der Waals surface area contributed by atoms with Crippen molar-refractivity contribution in [2.75, 3.05) is 14.2 Å². The zero-order valence-corrected chi connectivity index (χ0v) is 14.7. The lowest BCUT2D eigenvalue weighted by atomic mass is 10.1. The zero-order valence-electron chi connectivity index (χ0n) is 13.2. The molecule has 0 heterocycles. The Bertz CT molecular complexity index is 757. The fraction of sp³-hybridized carbons (Fsp3) is 0.167. The fourth-order valence-corrected chi connectivity index (χ4v) is 2.35. The second kappa shape index (κ2) is 8.62. The molecule has 0 atom stereocenters. The third kappa shape index (κ3) is 4.66. The van der Waals surface area contributed by atoms with Crippen molar-refractivity contribution in [2.45, 2.75) is 6.61 Å². The topological polar surface area (TPSA) is 44.8 Å². The van der Waals surface area contributed by atoms with E-state index in [2.05, 4.69) is 0 Å². The molecule has 0 N–H and O–H groups in total. The first-order chi connectivity index (χ1) is 11.5. The van der Waals surface area contributed by atoms with Crippen LogP contribution in [0.15, 0.2) is 42.5 Å². The van der Waals surface area contributed by atoms with Crippen LogP contribution < -0.4 is 9.47 Å². The number of halogens is 2. The van der Waals surface area contributed by atoms with Gasteiger partial charge in [0.05, 0.1) is 24.3 Å². The Balaban J connectivity index is 2.01. The molecule has 0 saturated heterocycles. The molecule has 2 aromatic carbocycles. The van der Waals surface area contributed by atoms with E-state index in [0.29, 0.717) is 27.1 Å². The average Bonchev–Trinajstić information content (AvgIpc) is 2.60. The number of hydrogen-bond acceptors (Lipinski definition) is 4. The lowest BCUT2D eigenvalue weighted by Crippen LogP contribution is -2.01. The summed E-state index contributed by atoms with van der Waals surface area (Å²) in [6.07, 6.45) is 2.94.